The second kappa shape index (κ2) is 6.23. The molecular formula is C15H27NO3. The molecule has 1 N–H and O–H groups in total. The monoisotopic (exact) mass is 269 g/mol. The van der Waals surface area contributed by atoms with E-state index in [2.05, 4.69) is 18.7 Å². The largest absolute Gasteiger partial charge is 0.481 e. The maximum absolute atomic E-state index is 11.7. The molecule has 3 atom stereocenters. The number of likely N-dealkylation sites (tertiary alicyclic amines) is 1. The van der Waals surface area contributed by atoms with Gasteiger partial charge in [-0.1, -0.05) is 20.3 Å². The van der Waals surface area contributed by atoms with Crippen LogP contribution in [0.15, 0.2) is 0 Å². The first-order chi connectivity index (χ1) is 9.09. The van der Waals surface area contributed by atoms with Gasteiger partial charge in [0.05, 0.1) is 12.0 Å². The molecule has 0 aromatic rings. The molecule has 4 nitrogen and oxygen atoms in total. The van der Waals surface area contributed by atoms with E-state index in [-0.39, 0.29) is 0 Å². The second-order valence-corrected chi connectivity index (χ2v) is 6.32. The molecule has 0 bridgehead atoms. The molecule has 0 radical (unpaired) electrons. The molecule has 2 saturated heterocycles. The topological polar surface area (TPSA) is 49.8 Å². The van der Waals surface area contributed by atoms with Gasteiger partial charge in [0, 0.05) is 19.2 Å². The molecule has 2 fully saturated rings. The van der Waals surface area contributed by atoms with Gasteiger partial charge in [-0.25, -0.2) is 0 Å². The van der Waals surface area contributed by atoms with Gasteiger partial charge in [0.1, 0.15) is 0 Å². The minimum Gasteiger partial charge on any atom is -0.481 e. The normalized spacial score (nSPS) is 37.2. The van der Waals surface area contributed by atoms with Crippen molar-refractivity contribution in [1.82, 2.24) is 4.90 Å². The van der Waals surface area contributed by atoms with Crippen molar-refractivity contribution in [3.05, 3.63) is 0 Å². The molecule has 2 heterocycles. The third-order valence-electron chi connectivity index (χ3n) is 4.85. The molecule has 0 aromatic heterocycles. The fourth-order valence-corrected chi connectivity index (χ4v) is 3.83. The Kier molecular flexibility index (Phi) is 4.85. The van der Waals surface area contributed by atoms with E-state index < -0.39 is 11.4 Å². The first-order valence-corrected chi connectivity index (χ1v) is 7.64. The molecule has 2 rings (SSSR count). The Labute approximate surface area is 116 Å². The summed E-state index contributed by atoms with van der Waals surface area (Å²) in [4.78, 5) is 14.2. The third kappa shape index (κ3) is 3.11. The van der Waals surface area contributed by atoms with E-state index >= 15 is 0 Å². The first kappa shape index (κ1) is 14.8. The number of piperidine rings is 1. The Balaban J connectivity index is 2.08. The first-order valence-electron chi connectivity index (χ1n) is 7.64. The van der Waals surface area contributed by atoms with Crippen LogP contribution in [0.1, 0.15) is 46.0 Å². The number of nitrogens with zero attached hydrogens (tertiary/aromatic N) is 1. The number of hydrogen-bond donors (Lipinski definition) is 1. The van der Waals surface area contributed by atoms with Gasteiger partial charge in [0.2, 0.25) is 0 Å². The SMILES string of the molecule is CCCC1(C(=O)O)CCCN(C2CCOCC2C)C1. The van der Waals surface area contributed by atoms with Gasteiger partial charge in [-0.2, -0.15) is 0 Å². The molecule has 0 aromatic carbocycles. The molecule has 2 aliphatic heterocycles. The van der Waals surface area contributed by atoms with Crippen LogP contribution in [0.3, 0.4) is 0 Å². The van der Waals surface area contributed by atoms with Crippen molar-refractivity contribution in [2.45, 2.75) is 52.0 Å². The smallest absolute Gasteiger partial charge is 0.310 e. The summed E-state index contributed by atoms with van der Waals surface area (Å²) in [6.45, 7) is 7.72. The van der Waals surface area contributed by atoms with Gasteiger partial charge in [0.25, 0.3) is 0 Å². The van der Waals surface area contributed by atoms with Crippen LogP contribution in [-0.2, 0) is 9.53 Å². The number of aliphatic carboxylic acids is 1. The van der Waals surface area contributed by atoms with Gasteiger partial charge in [-0.3, -0.25) is 9.69 Å². The summed E-state index contributed by atoms with van der Waals surface area (Å²) in [6.07, 6.45) is 4.64. The lowest BCUT2D eigenvalue weighted by atomic mass is 9.75. The van der Waals surface area contributed by atoms with E-state index in [4.69, 9.17) is 4.74 Å². The van der Waals surface area contributed by atoms with Crippen LogP contribution >= 0.6 is 0 Å². The average molecular weight is 269 g/mol. The maximum Gasteiger partial charge on any atom is 0.310 e. The van der Waals surface area contributed by atoms with Crippen molar-refractivity contribution in [1.29, 1.82) is 0 Å². The molecular weight excluding hydrogens is 242 g/mol. The van der Waals surface area contributed by atoms with E-state index in [1.807, 2.05) is 0 Å². The number of carboxylic acids is 1. The average Bonchev–Trinajstić information content (AvgIpc) is 2.39. The van der Waals surface area contributed by atoms with Crippen LogP contribution in [0.4, 0.5) is 0 Å². The zero-order chi connectivity index (χ0) is 13.9. The van der Waals surface area contributed by atoms with Crippen LogP contribution in [0.25, 0.3) is 0 Å². The zero-order valence-corrected chi connectivity index (χ0v) is 12.2. The summed E-state index contributed by atoms with van der Waals surface area (Å²) in [7, 11) is 0. The van der Waals surface area contributed by atoms with Crippen molar-refractivity contribution >= 4 is 5.97 Å². The van der Waals surface area contributed by atoms with Gasteiger partial charge >= 0.3 is 5.97 Å². The summed E-state index contributed by atoms with van der Waals surface area (Å²) in [5.41, 5.74) is -0.509. The Morgan fingerprint density at radius 1 is 1.53 bits per heavy atom. The second-order valence-electron chi connectivity index (χ2n) is 6.32. The van der Waals surface area contributed by atoms with Gasteiger partial charge in [-0.15, -0.1) is 0 Å². The lowest BCUT2D eigenvalue weighted by molar-refractivity contribution is -0.155. The highest BCUT2D eigenvalue weighted by Crippen LogP contribution is 2.37. The Hall–Kier alpha value is -0.610. The summed E-state index contributed by atoms with van der Waals surface area (Å²) in [5.74, 6) is -0.0845. The predicted molar refractivity (Wildman–Crippen MR) is 74.2 cm³/mol. The van der Waals surface area contributed by atoms with Crippen molar-refractivity contribution in [3.63, 3.8) is 0 Å². The van der Waals surface area contributed by atoms with Crippen LogP contribution in [0.2, 0.25) is 0 Å². The summed E-state index contributed by atoms with van der Waals surface area (Å²) < 4.78 is 5.51. The molecule has 110 valence electrons. The van der Waals surface area contributed by atoms with Crippen molar-refractivity contribution in [2.75, 3.05) is 26.3 Å². The maximum atomic E-state index is 11.7. The molecule has 0 amide bonds. The van der Waals surface area contributed by atoms with E-state index in [1.54, 1.807) is 0 Å². The van der Waals surface area contributed by atoms with Gasteiger partial charge in [-0.05, 0) is 38.1 Å². The Morgan fingerprint density at radius 2 is 2.32 bits per heavy atom. The van der Waals surface area contributed by atoms with E-state index in [1.165, 1.54) is 0 Å². The third-order valence-corrected chi connectivity index (χ3v) is 4.85. The van der Waals surface area contributed by atoms with Gasteiger partial charge < -0.3 is 9.84 Å². The van der Waals surface area contributed by atoms with Crippen LogP contribution in [-0.4, -0.2) is 48.3 Å². The number of hydrogen-bond acceptors (Lipinski definition) is 3. The molecule has 0 aliphatic carbocycles. The van der Waals surface area contributed by atoms with Crippen LogP contribution in [0.5, 0.6) is 0 Å². The van der Waals surface area contributed by atoms with Crippen molar-refractivity contribution in [3.8, 4) is 0 Å². The molecule has 3 unspecified atom stereocenters. The fraction of sp³-hybridized carbons (Fsp3) is 0.933. The van der Waals surface area contributed by atoms with Crippen LogP contribution < -0.4 is 0 Å². The van der Waals surface area contributed by atoms with E-state index in [0.717, 1.165) is 58.4 Å². The lowest BCUT2D eigenvalue weighted by Crippen LogP contribution is -2.54. The summed E-state index contributed by atoms with van der Waals surface area (Å²) in [6, 6.07) is 0.504. The number of rotatable bonds is 4. The Bertz CT molecular complexity index is 317. The van der Waals surface area contributed by atoms with E-state index in [0.29, 0.717) is 12.0 Å². The molecule has 2 aliphatic rings. The minimum atomic E-state index is -0.598. The minimum absolute atomic E-state index is 0.504. The molecule has 0 spiro atoms. The summed E-state index contributed by atoms with van der Waals surface area (Å²) >= 11 is 0. The van der Waals surface area contributed by atoms with Crippen LogP contribution in [0, 0.1) is 11.3 Å². The quantitative estimate of drug-likeness (QED) is 0.851. The predicted octanol–water partition coefficient (Wildman–Crippen LogP) is 2.38. The molecule has 19 heavy (non-hydrogen) atoms. The Morgan fingerprint density at radius 3 is 2.95 bits per heavy atom. The zero-order valence-electron chi connectivity index (χ0n) is 12.2. The molecule has 4 heteroatoms. The highest BCUT2D eigenvalue weighted by molar-refractivity contribution is 5.75. The van der Waals surface area contributed by atoms with Crippen molar-refractivity contribution in [2.24, 2.45) is 11.3 Å². The highest BCUT2D eigenvalue weighted by Gasteiger charge is 2.44. The fourth-order valence-electron chi connectivity index (χ4n) is 3.83. The standard InChI is InChI=1S/C15H27NO3/c1-3-6-15(14(17)18)7-4-8-16(11-15)13-5-9-19-10-12(13)2/h12-13H,3-11H2,1-2H3,(H,17,18). The lowest BCUT2D eigenvalue weighted by Gasteiger charge is -2.46. The highest BCUT2D eigenvalue weighted by atomic mass is 16.5. The number of carbonyl (C=O) groups is 1. The van der Waals surface area contributed by atoms with E-state index in [9.17, 15) is 9.90 Å². The summed E-state index contributed by atoms with van der Waals surface area (Å²) in [5, 5.41) is 9.65. The molecule has 0 saturated carbocycles. The van der Waals surface area contributed by atoms with Crippen molar-refractivity contribution < 1.29 is 14.6 Å². The number of ether oxygens (including phenoxy) is 1. The van der Waals surface area contributed by atoms with Gasteiger partial charge in [0.15, 0.2) is 0 Å². The number of carboxylic acid groups (broad SMARTS) is 1.